The minimum atomic E-state index is -4.78. The predicted octanol–water partition coefficient (Wildman–Crippen LogP) is 6.44. The molecule has 0 spiro atoms. The first-order valence-corrected chi connectivity index (χ1v) is 16.3. The molecule has 3 aromatic carbocycles. The molecule has 43 heavy (non-hydrogen) atoms. The zero-order chi connectivity index (χ0) is 31.9. The van der Waals surface area contributed by atoms with Gasteiger partial charge >= 0.3 is 6.18 Å². The molecule has 3 rings (SSSR count). The molecule has 0 saturated carbocycles. The van der Waals surface area contributed by atoms with Crippen LogP contribution >= 0.6 is 27.5 Å². The number of amides is 2. The summed E-state index contributed by atoms with van der Waals surface area (Å²) in [6.07, 6.45) is -3.28. The molecule has 13 heteroatoms. The van der Waals surface area contributed by atoms with Gasteiger partial charge in [0.15, 0.2) is 0 Å². The number of halogens is 5. The fourth-order valence-corrected chi connectivity index (χ4v) is 5.64. The van der Waals surface area contributed by atoms with Gasteiger partial charge in [0.1, 0.15) is 12.6 Å². The molecular weight excluding hydrogens is 671 g/mol. The SMILES string of the molecule is CC[C@@H](C)NC(=O)[C@@H](Cc1ccccc1)N(Cc1ccc(Br)cc1)C(=O)CN(c1cc(C(F)(F)F)ccc1Cl)S(C)(=O)=O. The summed E-state index contributed by atoms with van der Waals surface area (Å²) in [4.78, 5) is 29.0. The highest BCUT2D eigenvalue weighted by Crippen LogP contribution is 2.36. The van der Waals surface area contributed by atoms with Crippen molar-refractivity contribution in [2.45, 2.75) is 51.5 Å². The highest BCUT2D eigenvalue weighted by Gasteiger charge is 2.36. The Morgan fingerprint density at radius 3 is 2.19 bits per heavy atom. The van der Waals surface area contributed by atoms with Gasteiger partial charge in [-0.15, -0.1) is 0 Å². The lowest BCUT2D eigenvalue weighted by Crippen LogP contribution is -2.54. The van der Waals surface area contributed by atoms with Crippen LogP contribution in [-0.2, 0) is 38.8 Å². The van der Waals surface area contributed by atoms with Gasteiger partial charge in [-0.2, -0.15) is 13.2 Å². The average molecular weight is 703 g/mol. The summed E-state index contributed by atoms with van der Waals surface area (Å²) in [5, 5.41) is 2.62. The standard InChI is InChI=1S/C30H32BrClF3N3O4S/c1-4-20(2)36-29(40)27(16-21-8-6-5-7-9-21)37(18-22-10-13-24(31)14-11-22)28(39)19-38(43(3,41)42)26-17-23(30(33,34)35)12-15-25(26)32/h5-15,17,20,27H,4,16,18-19H2,1-3H3,(H,36,40)/t20-,27-/m1/s1. The number of nitrogens with zero attached hydrogens (tertiary/aromatic N) is 2. The number of anilines is 1. The average Bonchev–Trinajstić information content (AvgIpc) is 2.94. The van der Waals surface area contributed by atoms with E-state index in [2.05, 4.69) is 21.2 Å². The minimum Gasteiger partial charge on any atom is -0.352 e. The molecule has 0 aromatic heterocycles. The third-order valence-electron chi connectivity index (χ3n) is 6.76. The third kappa shape index (κ3) is 9.70. The van der Waals surface area contributed by atoms with Gasteiger partial charge in [-0.3, -0.25) is 13.9 Å². The van der Waals surface area contributed by atoms with E-state index in [0.29, 0.717) is 22.4 Å². The fraction of sp³-hybridized carbons (Fsp3) is 0.333. The van der Waals surface area contributed by atoms with Crippen molar-refractivity contribution in [1.29, 1.82) is 0 Å². The van der Waals surface area contributed by atoms with E-state index in [9.17, 15) is 31.2 Å². The second kappa shape index (κ2) is 14.6. The number of carbonyl (C=O) groups is 2. The maximum absolute atomic E-state index is 14.1. The largest absolute Gasteiger partial charge is 0.416 e. The van der Waals surface area contributed by atoms with Gasteiger partial charge in [0.05, 0.1) is 22.5 Å². The fourth-order valence-electron chi connectivity index (χ4n) is 4.26. The first-order chi connectivity index (χ1) is 20.1. The van der Waals surface area contributed by atoms with E-state index in [1.165, 1.54) is 4.90 Å². The summed E-state index contributed by atoms with van der Waals surface area (Å²) in [5.74, 6) is -1.26. The number of carbonyl (C=O) groups excluding carboxylic acids is 2. The lowest BCUT2D eigenvalue weighted by Gasteiger charge is -2.34. The Hall–Kier alpha value is -3.09. The van der Waals surface area contributed by atoms with E-state index in [1.807, 2.05) is 19.9 Å². The summed E-state index contributed by atoms with van der Waals surface area (Å²) in [6, 6.07) is 17.0. The van der Waals surface area contributed by atoms with Gasteiger partial charge in [-0.05, 0) is 54.8 Å². The Balaban J connectivity index is 2.11. The molecule has 0 aliphatic heterocycles. The minimum absolute atomic E-state index is 0.0779. The van der Waals surface area contributed by atoms with Crippen LogP contribution in [0.5, 0.6) is 0 Å². The van der Waals surface area contributed by atoms with Crippen LogP contribution in [0, 0.1) is 0 Å². The van der Waals surface area contributed by atoms with Gasteiger partial charge in [0, 0.05) is 23.5 Å². The van der Waals surface area contributed by atoms with Gasteiger partial charge in [-0.25, -0.2) is 8.42 Å². The Kier molecular flexibility index (Phi) is 11.7. The molecule has 0 heterocycles. The Labute approximate surface area is 263 Å². The molecule has 2 amide bonds. The summed E-state index contributed by atoms with van der Waals surface area (Å²) < 4.78 is 67.7. The number of rotatable bonds is 12. The molecule has 7 nitrogen and oxygen atoms in total. The van der Waals surface area contributed by atoms with Crippen LogP contribution < -0.4 is 9.62 Å². The number of hydrogen-bond donors (Lipinski definition) is 1. The van der Waals surface area contributed by atoms with Crippen LogP contribution in [0.1, 0.15) is 37.0 Å². The van der Waals surface area contributed by atoms with Gasteiger partial charge in [-0.1, -0.05) is 76.9 Å². The van der Waals surface area contributed by atoms with E-state index in [0.717, 1.165) is 28.4 Å². The van der Waals surface area contributed by atoms with Crippen molar-refractivity contribution in [1.82, 2.24) is 10.2 Å². The zero-order valence-corrected chi connectivity index (χ0v) is 26.9. The van der Waals surface area contributed by atoms with Crippen molar-refractivity contribution in [3.8, 4) is 0 Å². The van der Waals surface area contributed by atoms with Gasteiger partial charge < -0.3 is 10.2 Å². The normalized spacial score (nSPS) is 13.2. The maximum atomic E-state index is 14.1. The third-order valence-corrected chi connectivity index (χ3v) is 8.73. The number of sulfonamides is 1. The highest BCUT2D eigenvalue weighted by atomic mass is 79.9. The molecule has 232 valence electrons. The lowest BCUT2D eigenvalue weighted by atomic mass is 10.0. The molecule has 0 radical (unpaired) electrons. The van der Waals surface area contributed by atoms with E-state index in [1.54, 1.807) is 48.5 Å². The maximum Gasteiger partial charge on any atom is 0.416 e. The summed E-state index contributed by atoms with van der Waals surface area (Å²) in [5.41, 5.74) is -0.232. The molecule has 0 unspecified atom stereocenters. The molecule has 3 aromatic rings. The van der Waals surface area contributed by atoms with Crippen LogP contribution in [0.4, 0.5) is 18.9 Å². The van der Waals surface area contributed by atoms with E-state index in [4.69, 9.17) is 11.6 Å². The molecule has 0 bridgehead atoms. The smallest absolute Gasteiger partial charge is 0.352 e. The topological polar surface area (TPSA) is 86.8 Å². The van der Waals surface area contributed by atoms with Crippen LogP contribution in [0.25, 0.3) is 0 Å². The monoisotopic (exact) mass is 701 g/mol. The van der Waals surface area contributed by atoms with E-state index in [-0.39, 0.29) is 24.0 Å². The number of hydrogen-bond acceptors (Lipinski definition) is 4. The molecule has 0 saturated heterocycles. The molecule has 0 fully saturated rings. The van der Waals surface area contributed by atoms with Crippen molar-refractivity contribution < 1.29 is 31.2 Å². The summed E-state index contributed by atoms with van der Waals surface area (Å²) in [6.45, 7) is 2.74. The van der Waals surface area contributed by atoms with Crippen LogP contribution in [0.2, 0.25) is 5.02 Å². The molecule has 0 aliphatic carbocycles. The van der Waals surface area contributed by atoms with Crippen molar-refractivity contribution in [3.63, 3.8) is 0 Å². The summed E-state index contributed by atoms with van der Waals surface area (Å²) in [7, 11) is -4.31. The molecule has 2 atom stereocenters. The Morgan fingerprint density at radius 1 is 1.00 bits per heavy atom. The Morgan fingerprint density at radius 2 is 1.63 bits per heavy atom. The molecule has 0 aliphatic rings. The number of alkyl halides is 3. The summed E-state index contributed by atoms with van der Waals surface area (Å²) >= 11 is 9.55. The van der Waals surface area contributed by atoms with Crippen LogP contribution in [0.15, 0.2) is 77.3 Å². The first kappa shape index (κ1) is 34.4. The highest BCUT2D eigenvalue weighted by molar-refractivity contribution is 9.10. The second-order valence-electron chi connectivity index (χ2n) is 10.1. The predicted molar refractivity (Wildman–Crippen MR) is 165 cm³/mol. The van der Waals surface area contributed by atoms with Crippen molar-refractivity contribution in [2.24, 2.45) is 0 Å². The molecular formula is C30H32BrClF3N3O4S. The van der Waals surface area contributed by atoms with Crippen molar-refractivity contribution >= 4 is 55.1 Å². The molecule has 1 N–H and O–H groups in total. The van der Waals surface area contributed by atoms with Crippen LogP contribution in [-0.4, -0.2) is 50.0 Å². The number of benzene rings is 3. The van der Waals surface area contributed by atoms with Crippen molar-refractivity contribution in [3.05, 3.63) is 99.0 Å². The van der Waals surface area contributed by atoms with Gasteiger partial charge in [0.25, 0.3) is 0 Å². The zero-order valence-electron chi connectivity index (χ0n) is 23.7. The quantitative estimate of drug-likeness (QED) is 0.236. The first-order valence-electron chi connectivity index (χ1n) is 13.3. The lowest BCUT2D eigenvalue weighted by molar-refractivity contribution is -0.140. The van der Waals surface area contributed by atoms with Crippen LogP contribution in [0.3, 0.4) is 0 Å². The van der Waals surface area contributed by atoms with E-state index >= 15 is 0 Å². The van der Waals surface area contributed by atoms with Crippen molar-refractivity contribution in [2.75, 3.05) is 17.1 Å². The number of nitrogens with one attached hydrogen (secondary N) is 1. The van der Waals surface area contributed by atoms with Gasteiger partial charge in [0.2, 0.25) is 21.8 Å². The Bertz CT molecular complexity index is 1520. The van der Waals surface area contributed by atoms with E-state index < -0.39 is 51.9 Å². The second-order valence-corrected chi connectivity index (χ2v) is 13.3.